The van der Waals surface area contributed by atoms with E-state index in [-0.39, 0.29) is 5.75 Å². The number of hydrogen-bond acceptors (Lipinski definition) is 5. The lowest BCUT2D eigenvalue weighted by molar-refractivity contribution is 0.416. The van der Waals surface area contributed by atoms with E-state index in [1.54, 1.807) is 37.4 Å². The van der Waals surface area contributed by atoms with Crippen LogP contribution in [0.25, 0.3) is 0 Å². The lowest BCUT2D eigenvalue weighted by atomic mass is 10.1. The zero-order chi connectivity index (χ0) is 13.8. The van der Waals surface area contributed by atoms with Crippen molar-refractivity contribution in [1.82, 2.24) is 0 Å². The molecule has 0 aliphatic rings. The van der Waals surface area contributed by atoms with E-state index in [0.717, 1.165) is 5.69 Å². The number of ether oxygens (including phenoxy) is 1. The summed E-state index contributed by atoms with van der Waals surface area (Å²) in [6, 6.07) is 10.4. The largest absolute Gasteiger partial charge is 0.508 e. The smallest absolute Gasteiger partial charge is 0.144 e. The van der Waals surface area contributed by atoms with Gasteiger partial charge in [0.2, 0.25) is 0 Å². The first-order chi connectivity index (χ1) is 9.11. The van der Waals surface area contributed by atoms with Crippen LogP contribution in [0.1, 0.15) is 5.56 Å². The van der Waals surface area contributed by atoms with Crippen molar-refractivity contribution >= 4 is 17.1 Å². The van der Waals surface area contributed by atoms with Crippen LogP contribution in [-0.4, -0.2) is 12.2 Å². The Morgan fingerprint density at radius 1 is 1.21 bits per heavy atom. The van der Waals surface area contributed by atoms with Crippen molar-refractivity contribution < 1.29 is 9.84 Å². The Labute approximate surface area is 111 Å². The average Bonchev–Trinajstić information content (AvgIpc) is 2.39. The third-order valence-electron chi connectivity index (χ3n) is 2.87. The Kier molecular flexibility index (Phi) is 3.66. The molecule has 0 heterocycles. The molecule has 0 radical (unpaired) electrons. The molecule has 0 aliphatic heterocycles. The summed E-state index contributed by atoms with van der Waals surface area (Å²) in [5.74, 6) is 0.816. The summed E-state index contributed by atoms with van der Waals surface area (Å²) in [5, 5.41) is 12.9. The van der Waals surface area contributed by atoms with Gasteiger partial charge in [-0.3, -0.25) is 0 Å². The minimum Gasteiger partial charge on any atom is -0.508 e. The van der Waals surface area contributed by atoms with Gasteiger partial charge in [0.25, 0.3) is 0 Å². The fourth-order valence-electron chi connectivity index (χ4n) is 1.82. The summed E-state index contributed by atoms with van der Waals surface area (Å²) in [5.41, 5.74) is 14.1. The van der Waals surface area contributed by atoms with Crippen LogP contribution in [0.2, 0.25) is 0 Å². The fraction of sp³-hybridized carbons (Fsp3) is 0.143. The number of nitrogens with two attached hydrogens (primary N) is 2. The van der Waals surface area contributed by atoms with Gasteiger partial charge in [0.05, 0.1) is 12.8 Å². The van der Waals surface area contributed by atoms with Crippen molar-refractivity contribution in [3.63, 3.8) is 0 Å². The third kappa shape index (κ3) is 2.82. The van der Waals surface area contributed by atoms with Gasteiger partial charge in [-0.25, -0.2) is 0 Å². The Balaban J connectivity index is 2.19. The van der Waals surface area contributed by atoms with Crippen molar-refractivity contribution in [2.75, 3.05) is 23.9 Å². The minimum atomic E-state index is 0.168. The van der Waals surface area contributed by atoms with Crippen LogP contribution in [0.5, 0.6) is 11.5 Å². The van der Waals surface area contributed by atoms with E-state index in [4.69, 9.17) is 16.2 Å². The molecule has 19 heavy (non-hydrogen) atoms. The van der Waals surface area contributed by atoms with Gasteiger partial charge < -0.3 is 26.6 Å². The average molecular weight is 259 g/mol. The molecule has 0 bridgehead atoms. The maximum atomic E-state index is 9.77. The predicted molar refractivity (Wildman–Crippen MR) is 77.3 cm³/mol. The zero-order valence-electron chi connectivity index (χ0n) is 10.7. The van der Waals surface area contributed by atoms with E-state index in [1.807, 2.05) is 6.07 Å². The summed E-state index contributed by atoms with van der Waals surface area (Å²) >= 11 is 0. The second-order valence-electron chi connectivity index (χ2n) is 4.16. The van der Waals surface area contributed by atoms with E-state index in [1.165, 1.54) is 0 Å². The molecule has 5 heteroatoms. The molecule has 0 saturated heterocycles. The molecule has 5 nitrogen and oxygen atoms in total. The van der Waals surface area contributed by atoms with Gasteiger partial charge in [-0.1, -0.05) is 6.07 Å². The highest BCUT2D eigenvalue weighted by molar-refractivity contribution is 5.64. The molecule has 2 rings (SSSR count). The molecule has 0 spiro atoms. The molecular weight excluding hydrogens is 242 g/mol. The van der Waals surface area contributed by atoms with Crippen LogP contribution in [0.4, 0.5) is 17.1 Å². The Hall–Kier alpha value is -2.56. The van der Waals surface area contributed by atoms with E-state index in [9.17, 15) is 5.11 Å². The molecule has 0 unspecified atom stereocenters. The Morgan fingerprint density at radius 3 is 2.68 bits per heavy atom. The number of methoxy groups -OCH3 is 1. The third-order valence-corrected chi connectivity index (χ3v) is 2.87. The second-order valence-corrected chi connectivity index (χ2v) is 4.16. The quantitative estimate of drug-likeness (QED) is 0.631. The molecule has 0 amide bonds. The number of hydrogen-bond donors (Lipinski definition) is 4. The molecule has 2 aromatic carbocycles. The molecule has 6 N–H and O–H groups in total. The van der Waals surface area contributed by atoms with Crippen molar-refractivity contribution in [3.05, 3.63) is 42.0 Å². The van der Waals surface area contributed by atoms with Gasteiger partial charge in [0, 0.05) is 29.5 Å². The molecule has 0 fully saturated rings. The number of phenolic OH excluding ortho intramolecular Hbond substituents is 1. The fourth-order valence-corrected chi connectivity index (χ4v) is 1.82. The first kappa shape index (κ1) is 12.9. The Morgan fingerprint density at radius 2 is 2.00 bits per heavy atom. The number of nitrogens with one attached hydrogen (secondary N) is 1. The van der Waals surface area contributed by atoms with Crippen LogP contribution in [0.3, 0.4) is 0 Å². The second kappa shape index (κ2) is 5.39. The van der Waals surface area contributed by atoms with Crippen molar-refractivity contribution in [1.29, 1.82) is 0 Å². The van der Waals surface area contributed by atoms with Crippen LogP contribution >= 0.6 is 0 Å². The van der Waals surface area contributed by atoms with Gasteiger partial charge >= 0.3 is 0 Å². The number of nitrogen functional groups attached to an aromatic ring is 2. The highest BCUT2D eigenvalue weighted by Crippen LogP contribution is 2.29. The summed E-state index contributed by atoms with van der Waals surface area (Å²) in [7, 11) is 1.58. The molecule has 2 aromatic rings. The molecule has 0 atom stereocenters. The van der Waals surface area contributed by atoms with E-state index >= 15 is 0 Å². The topological polar surface area (TPSA) is 93.5 Å². The lowest BCUT2D eigenvalue weighted by Gasteiger charge is -2.13. The van der Waals surface area contributed by atoms with Gasteiger partial charge in [-0.2, -0.15) is 0 Å². The first-order valence-electron chi connectivity index (χ1n) is 5.85. The van der Waals surface area contributed by atoms with Gasteiger partial charge in [0.15, 0.2) is 0 Å². The molecule has 100 valence electrons. The van der Waals surface area contributed by atoms with Crippen molar-refractivity contribution in [2.24, 2.45) is 0 Å². The summed E-state index contributed by atoms with van der Waals surface area (Å²) in [6.45, 7) is 0.402. The SMILES string of the molecule is COc1cc(N)ccc1NCc1c(N)cccc1O. The van der Waals surface area contributed by atoms with Crippen LogP contribution in [0, 0.1) is 0 Å². The number of rotatable bonds is 4. The van der Waals surface area contributed by atoms with Crippen LogP contribution < -0.4 is 21.5 Å². The summed E-state index contributed by atoms with van der Waals surface area (Å²) in [4.78, 5) is 0. The van der Waals surface area contributed by atoms with Crippen LogP contribution in [0.15, 0.2) is 36.4 Å². The monoisotopic (exact) mass is 259 g/mol. The maximum Gasteiger partial charge on any atom is 0.144 e. The van der Waals surface area contributed by atoms with Gasteiger partial charge in [-0.15, -0.1) is 0 Å². The molecule has 0 saturated carbocycles. The van der Waals surface area contributed by atoms with Gasteiger partial charge in [0.1, 0.15) is 11.5 Å². The maximum absolute atomic E-state index is 9.77. The highest BCUT2D eigenvalue weighted by atomic mass is 16.5. The summed E-state index contributed by atoms with van der Waals surface area (Å²) in [6.07, 6.45) is 0. The standard InChI is InChI=1S/C14H17N3O2/c1-19-14-7-9(15)5-6-12(14)17-8-10-11(16)3-2-4-13(10)18/h2-7,17-18H,8,15-16H2,1H3. The lowest BCUT2D eigenvalue weighted by Crippen LogP contribution is -2.04. The minimum absolute atomic E-state index is 0.168. The van der Waals surface area contributed by atoms with Crippen LogP contribution in [-0.2, 0) is 6.54 Å². The Bertz CT molecular complexity index is 565. The zero-order valence-corrected chi connectivity index (χ0v) is 10.7. The number of aromatic hydroxyl groups is 1. The first-order valence-corrected chi connectivity index (χ1v) is 5.85. The van der Waals surface area contributed by atoms with Crippen molar-refractivity contribution in [3.8, 4) is 11.5 Å². The van der Waals surface area contributed by atoms with E-state index in [2.05, 4.69) is 5.32 Å². The number of phenols is 1. The molecular formula is C14H17N3O2. The van der Waals surface area contributed by atoms with E-state index < -0.39 is 0 Å². The number of anilines is 3. The van der Waals surface area contributed by atoms with Crippen molar-refractivity contribution in [2.45, 2.75) is 6.54 Å². The summed E-state index contributed by atoms with van der Waals surface area (Å²) < 4.78 is 5.24. The highest BCUT2D eigenvalue weighted by Gasteiger charge is 2.07. The predicted octanol–water partition coefficient (Wildman–Crippen LogP) is 2.18. The normalized spacial score (nSPS) is 10.2. The molecule has 0 aliphatic carbocycles. The molecule has 0 aromatic heterocycles. The number of benzene rings is 2. The van der Waals surface area contributed by atoms with Gasteiger partial charge in [-0.05, 0) is 24.3 Å². The van der Waals surface area contributed by atoms with E-state index in [0.29, 0.717) is 29.2 Å².